The number of rotatable bonds is 8. The molecule has 0 aromatic heterocycles. The second kappa shape index (κ2) is 10.7. The smallest absolute Gasteiger partial charge is 0.203 e. The highest BCUT2D eigenvalue weighted by molar-refractivity contribution is 5.64. The Morgan fingerprint density at radius 2 is 1.15 bits per heavy atom. The number of aryl methyl sites for hydroxylation is 1. The van der Waals surface area contributed by atoms with Crippen molar-refractivity contribution in [1.82, 2.24) is 9.80 Å². The van der Waals surface area contributed by atoms with Crippen LogP contribution in [-0.4, -0.2) is 57.3 Å². The summed E-state index contributed by atoms with van der Waals surface area (Å²) in [7, 11) is 4.98. The van der Waals surface area contributed by atoms with Crippen molar-refractivity contribution in [2.24, 2.45) is 0 Å². The second-order valence-electron chi connectivity index (χ2n) is 8.61. The molecule has 3 aromatic rings. The molecule has 1 heterocycles. The first-order chi connectivity index (χ1) is 16.1. The van der Waals surface area contributed by atoms with Gasteiger partial charge in [-0.05, 0) is 29.7 Å². The molecule has 1 aliphatic rings. The molecular weight excluding hydrogens is 412 g/mol. The van der Waals surface area contributed by atoms with Gasteiger partial charge >= 0.3 is 0 Å². The molecule has 4 rings (SSSR count). The topological polar surface area (TPSA) is 34.2 Å². The minimum absolute atomic E-state index is 0.658. The Balaban J connectivity index is 1.33. The van der Waals surface area contributed by atoms with Gasteiger partial charge in [0.2, 0.25) is 5.75 Å². The molecule has 174 valence electrons. The summed E-state index contributed by atoms with van der Waals surface area (Å²) in [5, 5.41) is 0. The van der Waals surface area contributed by atoms with Crippen molar-refractivity contribution in [3.63, 3.8) is 0 Å². The molecule has 5 nitrogen and oxygen atoms in total. The lowest BCUT2D eigenvalue weighted by molar-refractivity contribution is 0.121. The van der Waals surface area contributed by atoms with E-state index >= 15 is 0 Å². The lowest BCUT2D eigenvalue weighted by Crippen LogP contribution is -2.45. The summed E-state index contributed by atoms with van der Waals surface area (Å²) >= 11 is 0. The fourth-order valence-corrected chi connectivity index (χ4v) is 4.44. The van der Waals surface area contributed by atoms with E-state index in [1.807, 2.05) is 6.07 Å². The van der Waals surface area contributed by atoms with E-state index in [4.69, 9.17) is 14.2 Å². The van der Waals surface area contributed by atoms with Gasteiger partial charge in [-0.2, -0.15) is 0 Å². The standard InChI is InChI=1S/C28H34N2O3/c1-21-5-9-23(10-6-21)24-11-7-22(8-12-24)19-29-15-17-30(18-16-29)20-25-13-14-26(31-2)28(33-4)27(25)32-3/h5-14H,15-20H2,1-4H3. The van der Waals surface area contributed by atoms with Crippen molar-refractivity contribution < 1.29 is 14.2 Å². The van der Waals surface area contributed by atoms with Gasteiger partial charge in [-0.15, -0.1) is 0 Å². The zero-order chi connectivity index (χ0) is 23.2. The Hall–Kier alpha value is -3.02. The van der Waals surface area contributed by atoms with Gasteiger partial charge in [0.15, 0.2) is 11.5 Å². The molecule has 5 heteroatoms. The molecule has 0 amide bonds. The predicted octanol–water partition coefficient (Wildman–Crippen LogP) is 5.01. The normalized spacial score (nSPS) is 14.8. The number of hydrogen-bond acceptors (Lipinski definition) is 5. The molecule has 0 radical (unpaired) electrons. The van der Waals surface area contributed by atoms with Crippen molar-refractivity contribution in [3.8, 4) is 28.4 Å². The summed E-state index contributed by atoms with van der Waals surface area (Å²) < 4.78 is 16.6. The summed E-state index contributed by atoms with van der Waals surface area (Å²) in [4.78, 5) is 5.00. The van der Waals surface area contributed by atoms with Gasteiger partial charge in [-0.3, -0.25) is 9.80 Å². The molecule has 0 bridgehead atoms. The van der Waals surface area contributed by atoms with E-state index < -0.39 is 0 Å². The van der Waals surface area contributed by atoms with Crippen molar-refractivity contribution in [1.29, 1.82) is 0 Å². The van der Waals surface area contributed by atoms with E-state index in [9.17, 15) is 0 Å². The molecule has 1 saturated heterocycles. The van der Waals surface area contributed by atoms with Gasteiger partial charge in [0.25, 0.3) is 0 Å². The summed E-state index contributed by atoms with van der Waals surface area (Å²) in [6.45, 7) is 8.10. The Bertz CT molecular complexity index is 1040. The van der Waals surface area contributed by atoms with Gasteiger partial charge in [0.1, 0.15) is 0 Å². The van der Waals surface area contributed by atoms with Crippen molar-refractivity contribution >= 4 is 0 Å². The van der Waals surface area contributed by atoms with Crippen LogP contribution in [0, 0.1) is 6.92 Å². The zero-order valence-electron chi connectivity index (χ0n) is 20.1. The lowest BCUT2D eigenvalue weighted by atomic mass is 10.0. The largest absolute Gasteiger partial charge is 0.493 e. The maximum Gasteiger partial charge on any atom is 0.203 e. The molecule has 1 aliphatic heterocycles. The van der Waals surface area contributed by atoms with E-state index in [1.54, 1.807) is 21.3 Å². The predicted molar refractivity (Wildman–Crippen MR) is 133 cm³/mol. The number of ether oxygens (including phenoxy) is 3. The van der Waals surface area contributed by atoms with Crippen molar-refractivity contribution in [3.05, 3.63) is 77.4 Å². The average molecular weight is 447 g/mol. The third-order valence-corrected chi connectivity index (χ3v) is 6.39. The molecule has 0 atom stereocenters. The molecule has 0 saturated carbocycles. The highest BCUT2D eigenvalue weighted by Crippen LogP contribution is 2.40. The van der Waals surface area contributed by atoms with Crippen molar-refractivity contribution in [2.45, 2.75) is 20.0 Å². The second-order valence-corrected chi connectivity index (χ2v) is 8.61. The molecule has 33 heavy (non-hydrogen) atoms. The van der Waals surface area contributed by atoms with Crippen LogP contribution in [0.2, 0.25) is 0 Å². The minimum atomic E-state index is 0.658. The van der Waals surface area contributed by atoms with Crippen molar-refractivity contribution in [2.75, 3.05) is 47.5 Å². The van der Waals surface area contributed by atoms with Crippen LogP contribution in [0.15, 0.2) is 60.7 Å². The number of methoxy groups -OCH3 is 3. The van der Waals surface area contributed by atoms with Crippen LogP contribution in [0.1, 0.15) is 16.7 Å². The minimum Gasteiger partial charge on any atom is -0.493 e. The van der Waals surface area contributed by atoms with E-state index in [2.05, 4.69) is 71.3 Å². The summed E-state index contributed by atoms with van der Waals surface area (Å²) in [5.41, 5.74) is 6.31. The first-order valence-electron chi connectivity index (χ1n) is 11.5. The Morgan fingerprint density at radius 1 is 0.606 bits per heavy atom. The molecule has 0 aliphatic carbocycles. The van der Waals surface area contributed by atoms with Crippen LogP contribution in [0.25, 0.3) is 11.1 Å². The molecule has 0 unspecified atom stereocenters. The third-order valence-electron chi connectivity index (χ3n) is 6.39. The number of nitrogens with zero attached hydrogens (tertiary/aromatic N) is 2. The average Bonchev–Trinajstić information content (AvgIpc) is 2.86. The first kappa shape index (κ1) is 23.1. The van der Waals surface area contributed by atoms with Gasteiger partial charge in [-0.1, -0.05) is 60.2 Å². The lowest BCUT2D eigenvalue weighted by Gasteiger charge is -2.35. The highest BCUT2D eigenvalue weighted by atomic mass is 16.5. The van der Waals surface area contributed by atoms with Crippen LogP contribution in [0.5, 0.6) is 17.2 Å². The third kappa shape index (κ3) is 5.49. The summed E-state index contributed by atoms with van der Waals surface area (Å²) in [6, 6.07) is 21.7. The SMILES string of the molecule is COc1ccc(CN2CCN(Cc3ccc(-c4ccc(C)cc4)cc3)CC2)c(OC)c1OC. The molecule has 0 spiro atoms. The van der Waals surface area contributed by atoms with E-state index in [-0.39, 0.29) is 0 Å². The van der Waals surface area contributed by atoms with Gasteiger partial charge in [0, 0.05) is 44.8 Å². The van der Waals surface area contributed by atoms with Crippen LogP contribution >= 0.6 is 0 Å². The Labute approximate surface area is 197 Å². The number of hydrogen-bond donors (Lipinski definition) is 0. The van der Waals surface area contributed by atoms with Crippen LogP contribution in [0.4, 0.5) is 0 Å². The fourth-order valence-electron chi connectivity index (χ4n) is 4.44. The van der Waals surface area contributed by atoms with Gasteiger partial charge < -0.3 is 14.2 Å². The van der Waals surface area contributed by atoms with E-state index in [0.29, 0.717) is 11.5 Å². The maximum atomic E-state index is 5.66. The number of benzene rings is 3. The quantitative estimate of drug-likeness (QED) is 0.486. The Kier molecular flexibility index (Phi) is 7.53. The maximum absolute atomic E-state index is 5.66. The van der Waals surface area contributed by atoms with Gasteiger partial charge in [0.05, 0.1) is 21.3 Å². The molecule has 0 N–H and O–H groups in total. The van der Waals surface area contributed by atoms with Crippen LogP contribution < -0.4 is 14.2 Å². The van der Waals surface area contributed by atoms with E-state index in [1.165, 1.54) is 22.3 Å². The fraction of sp³-hybridized carbons (Fsp3) is 0.357. The monoisotopic (exact) mass is 446 g/mol. The Morgan fingerprint density at radius 3 is 1.70 bits per heavy atom. The highest BCUT2D eigenvalue weighted by Gasteiger charge is 2.21. The summed E-state index contributed by atoms with van der Waals surface area (Å²) in [6.07, 6.45) is 0. The van der Waals surface area contributed by atoms with Crippen LogP contribution in [-0.2, 0) is 13.1 Å². The molecule has 1 fully saturated rings. The summed E-state index contributed by atoms with van der Waals surface area (Å²) in [5.74, 6) is 2.11. The molecular formula is C28H34N2O3. The molecule has 3 aromatic carbocycles. The zero-order valence-corrected chi connectivity index (χ0v) is 20.1. The first-order valence-corrected chi connectivity index (χ1v) is 11.5. The van der Waals surface area contributed by atoms with Crippen LogP contribution in [0.3, 0.4) is 0 Å². The van der Waals surface area contributed by atoms with Gasteiger partial charge in [-0.25, -0.2) is 0 Å². The number of piperazine rings is 1. The van der Waals surface area contributed by atoms with E-state index in [0.717, 1.165) is 50.6 Å².